The molecule has 0 amide bonds. The van der Waals surface area contributed by atoms with Crippen LogP contribution in [0.1, 0.15) is 0 Å². The molecule has 0 spiro atoms. The molecule has 0 aromatic heterocycles. The van der Waals surface area contributed by atoms with Gasteiger partial charge in [0.25, 0.3) is 0 Å². The summed E-state index contributed by atoms with van der Waals surface area (Å²) in [7, 11) is 4.22. The minimum atomic E-state index is 0. The van der Waals surface area contributed by atoms with Crippen molar-refractivity contribution < 1.29 is 19.5 Å². The average Bonchev–Trinajstić information content (AvgIpc) is 1.00. The summed E-state index contributed by atoms with van der Waals surface area (Å²) < 4.78 is 0. The molecular weight excluding hydrogens is 512 g/mol. The zero-order chi connectivity index (χ0) is 2.00. The minimum absolute atomic E-state index is 0. The monoisotopic (exact) mass is 512 g/mol. The molecule has 0 rings (SSSR count). The van der Waals surface area contributed by atoms with Crippen molar-refractivity contribution >= 4 is 59.6 Å². The third-order valence-corrected chi connectivity index (χ3v) is 0. The van der Waals surface area contributed by atoms with Crippen LogP contribution >= 0.6 is 8.65 Å². The van der Waals surface area contributed by atoms with Gasteiger partial charge in [-0.05, 0) is 0 Å². The Morgan fingerprint density at radius 2 is 1.25 bits per heavy atom. The third-order valence-electron chi connectivity index (χ3n) is 0. The molecule has 0 aromatic carbocycles. The van der Waals surface area contributed by atoms with E-state index in [4.69, 9.17) is 0 Å². The Morgan fingerprint density at radius 3 is 1.25 bits per heavy atom. The second-order valence-corrected chi connectivity index (χ2v) is 0. The van der Waals surface area contributed by atoms with Gasteiger partial charge in [0.2, 0.25) is 0 Å². The van der Waals surface area contributed by atoms with E-state index in [2.05, 4.69) is 8.65 Å². The van der Waals surface area contributed by atoms with E-state index in [9.17, 15) is 0 Å². The molecule has 0 unspecified atom stereocenters. The van der Waals surface area contributed by atoms with Crippen molar-refractivity contribution in [3.63, 3.8) is 0 Å². The van der Waals surface area contributed by atoms with E-state index in [-0.39, 0.29) is 46.8 Å². The number of hydrogen-bond acceptors (Lipinski definition) is 1. The Morgan fingerprint density at radius 1 is 1.25 bits per heavy atom. The van der Waals surface area contributed by atoms with Crippen molar-refractivity contribution in [2.45, 2.75) is 0 Å². The largest absolute Gasteiger partial charge is 0 e. The van der Waals surface area contributed by atoms with Crippen LogP contribution < -0.4 is 0 Å². The summed E-state index contributed by atoms with van der Waals surface area (Å²) in [5, 5.41) is 0. The molecular formula is Pb2SZn. The molecule has 16 valence electrons. The van der Waals surface area contributed by atoms with Crippen LogP contribution in [0.3, 0.4) is 0 Å². The summed E-state index contributed by atoms with van der Waals surface area (Å²) in [5.41, 5.74) is 0. The zero-order valence-corrected chi connectivity index (χ0v) is 13.7. The standard InChI is InChI=1S/2Pb.S.Zn. The molecule has 0 saturated carbocycles. The first-order valence-corrected chi connectivity index (χ1v) is 5.37. The van der Waals surface area contributed by atoms with Gasteiger partial charge in [0.15, 0.2) is 0 Å². The fourth-order valence-electron chi connectivity index (χ4n) is 0. The van der Waals surface area contributed by atoms with E-state index >= 15 is 0 Å². The SMILES string of the molecule is [Pb].[S]=[Pb].[Zn]. The quantitative estimate of drug-likeness (QED) is 0.409. The van der Waals surface area contributed by atoms with E-state index < -0.39 is 0 Å². The van der Waals surface area contributed by atoms with E-state index in [0.29, 0.717) is 0 Å². The maximum atomic E-state index is 4.22. The van der Waals surface area contributed by atoms with Crippen LogP contribution in [0.5, 0.6) is 0 Å². The summed E-state index contributed by atoms with van der Waals surface area (Å²) in [6.07, 6.45) is 0. The summed E-state index contributed by atoms with van der Waals surface area (Å²) >= 11 is 0.889. The van der Waals surface area contributed by atoms with Gasteiger partial charge in [0.05, 0.1) is 0 Å². The topological polar surface area (TPSA) is 0 Å². The van der Waals surface area contributed by atoms with Crippen LogP contribution in [-0.2, 0) is 19.5 Å². The number of rotatable bonds is 0. The maximum Gasteiger partial charge on any atom is 0 e. The Balaban J connectivity index is -0.00000000500. The third kappa shape index (κ3) is 8.82. The second kappa shape index (κ2) is 17.3. The van der Waals surface area contributed by atoms with Crippen LogP contribution in [0.2, 0.25) is 0 Å². The molecule has 0 heterocycles. The maximum absolute atomic E-state index is 4.22. The van der Waals surface area contributed by atoms with Crippen molar-refractivity contribution in [1.82, 2.24) is 0 Å². The van der Waals surface area contributed by atoms with Crippen molar-refractivity contribution in [2.24, 2.45) is 0 Å². The Labute approximate surface area is 77.5 Å². The van der Waals surface area contributed by atoms with Gasteiger partial charge in [-0.3, -0.25) is 0 Å². The first kappa shape index (κ1) is 15.9. The zero-order valence-electron chi connectivity index (χ0n) is 2.12. The smallest absolute Gasteiger partial charge is 0 e. The average molecular weight is 512 g/mol. The van der Waals surface area contributed by atoms with Crippen LogP contribution in [0.25, 0.3) is 0 Å². The summed E-state index contributed by atoms with van der Waals surface area (Å²) in [6, 6.07) is 0. The van der Waals surface area contributed by atoms with Gasteiger partial charge in [-0.15, -0.1) is 0 Å². The van der Waals surface area contributed by atoms with Gasteiger partial charge in [0, 0.05) is 46.8 Å². The molecule has 6 radical (unpaired) electrons. The van der Waals surface area contributed by atoms with Gasteiger partial charge in [-0.2, -0.15) is 0 Å². The van der Waals surface area contributed by atoms with Gasteiger partial charge in [-0.25, -0.2) is 0 Å². The summed E-state index contributed by atoms with van der Waals surface area (Å²) in [4.78, 5) is 0. The molecule has 0 saturated heterocycles. The molecule has 0 atom stereocenters. The van der Waals surface area contributed by atoms with Crippen LogP contribution in [0.15, 0.2) is 0 Å². The normalized spacial score (nSPS) is 1.00. The predicted octanol–water partition coefficient (Wildman–Crippen LogP) is -0.116. The minimum Gasteiger partial charge on any atom is 0 e. The number of hydrogen-bond donors (Lipinski definition) is 0. The molecule has 4 heteroatoms. The molecule has 0 aliphatic carbocycles. The molecule has 0 aromatic rings. The van der Waals surface area contributed by atoms with Crippen molar-refractivity contribution in [3.05, 3.63) is 0 Å². The molecule has 0 nitrogen and oxygen atoms in total. The van der Waals surface area contributed by atoms with Crippen LogP contribution in [-0.4, -0.2) is 51.0 Å². The second-order valence-electron chi connectivity index (χ2n) is 0. The van der Waals surface area contributed by atoms with Crippen molar-refractivity contribution in [2.75, 3.05) is 0 Å². The summed E-state index contributed by atoms with van der Waals surface area (Å²) in [5.74, 6) is 0. The first-order chi connectivity index (χ1) is 1.00. The van der Waals surface area contributed by atoms with E-state index in [0.717, 1.165) is 23.7 Å². The van der Waals surface area contributed by atoms with Gasteiger partial charge < -0.3 is 0 Å². The Kier molecular flexibility index (Phi) is 68.8. The molecule has 0 bridgehead atoms. The summed E-state index contributed by atoms with van der Waals surface area (Å²) in [6.45, 7) is 0. The fourth-order valence-corrected chi connectivity index (χ4v) is 0. The molecule has 0 fully saturated rings. The van der Waals surface area contributed by atoms with Gasteiger partial charge >= 0.3 is 32.3 Å². The molecule has 0 N–H and O–H groups in total. The molecule has 4 heavy (non-hydrogen) atoms. The Bertz CT molecular complexity index is 6.00. The predicted molar refractivity (Wildman–Crippen MR) is 19.1 cm³/mol. The first-order valence-electron chi connectivity index (χ1n) is 0.204. The van der Waals surface area contributed by atoms with E-state index in [1.54, 1.807) is 0 Å². The van der Waals surface area contributed by atoms with Gasteiger partial charge in [-0.1, -0.05) is 0 Å². The van der Waals surface area contributed by atoms with E-state index in [1.165, 1.54) is 0 Å². The molecule has 0 aliphatic heterocycles. The van der Waals surface area contributed by atoms with Crippen molar-refractivity contribution in [3.8, 4) is 0 Å². The van der Waals surface area contributed by atoms with E-state index in [1.807, 2.05) is 0 Å². The van der Waals surface area contributed by atoms with Gasteiger partial charge in [0.1, 0.15) is 0 Å². The molecule has 0 aliphatic rings. The van der Waals surface area contributed by atoms with Crippen molar-refractivity contribution in [1.29, 1.82) is 0 Å². The van der Waals surface area contributed by atoms with Crippen LogP contribution in [0, 0.1) is 0 Å². The van der Waals surface area contributed by atoms with Crippen LogP contribution in [0.4, 0.5) is 0 Å². The fraction of sp³-hybridized carbons (Fsp3) is 0. The Hall–Kier alpha value is 2.69.